The Balaban J connectivity index is 2.67. The van der Waals surface area contributed by atoms with Crippen LogP contribution in [0.25, 0.3) is 10.1 Å². The number of fused-ring (bicyclic) bond motifs is 1. The van der Waals surface area contributed by atoms with E-state index in [9.17, 15) is 4.79 Å². The minimum absolute atomic E-state index is 0.139. The van der Waals surface area contributed by atoms with Crippen molar-refractivity contribution in [2.75, 3.05) is 0 Å². The Morgan fingerprint density at radius 3 is 3.08 bits per heavy atom. The zero-order valence-electron chi connectivity index (χ0n) is 7.49. The Morgan fingerprint density at radius 1 is 1.46 bits per heavy atom. The summed E-state index contributed by atoms with van der Waals surface area (Å²) in [5, 5.41) is 2.81. The van der Waals surface area contributed by atoms with E-state index in [1.807, 2.05) is 23.7 Å². The number of hydrogen-bond acceptors (Lipinski definition) is 2. The number of thiophene rings is 1. The molecule has 0 aliphatic heterocycles. The molecule has 0 saturated heterocycles. The molecule has 2 rings (SSSR count). The van der Waals surface area contributed by atoms with Crippen molar-refractivity contribution >= 4 is 21.4 Å². The fourth-order valence-corrected chi connectivity index (χ4v) is 2.20. The van der Waals surface area contributed by atoms with Crippen LogP contribution in [0, 0.1) is 0 Å². The second-order valence-corrected chi connectivity index (χ2v) is 3.96. The number of aryl methyl sites for hydroxylation is 1. The van der Waals surface area contributed by atoms with Crippen molar-refractivity contribution in [3.8, 4) is 0 Å². The second kappa shape index (κ2) is 3.34. The smallest absolute Gasteiger partial charge is 0.259 e. The Labute approximate surface area is 80.4 Å². The van der Waals surface area contributed by atoms with Gasteiger partial charge in [-0.3, -0.25) is 4.79 Å². The molecule has 2 nitrogen and oxygen atoms in total. The van der Waals surface area contributed by atoms with Crippen LogP contribution < -0.4 is 5.56 Å². The highest BCUT2D eigenvalue weighted by Crippen LogP contribution is 2.16. The van der Waals surface area contributed by atoms with Crippen LogP contribution in [0.5, 0.6) is 0 Å². The molecule has 0 amide bonds. The lowest BCUT2D eigenvalue weighted by atomic mass is 10.3. The number of nitrogens with zero attached hydrogens (tertiary/aromatic N) is 1. The highest BCUT2D eigenvalue weighted by atomic mass is 32.1. The molecule has 3 heteroatoms. The molecular weight excluding hydrogens is 182 g/mol. The van der Waals surface area contributed by atoms with Gasteiger partial charge in [-0.2, -0.15) is 0 Å². The predicted molar refractivity (Wildman–Crippen MR) is 56.4 cm³/mol. The van der Waals surface area contributed by atoms with Crippen molar-refractivity contribution < 1.29 is 0 Å². The van der Waals surface area contributed by atoms with Gasteiger partial charge in [0.1, 0.15) is 0 Å². The Bertz CT molecular complexity index is 469. The van der Waals surface area contributed by atoms with Crippen LogP contribution in [-0.2, 0) is 6.54 Å². The molecule has 0 atom stereocenters. The fraction of sp³-hybridized carbons (Fsp3) is 0.300. The summed E-state index contributed by atoms with van der Waals surface area (Å²) >= 11 is 1.61. The lowest BCUT2D eigenvalue weighted by molar-refractivity contribution is 0.659. The zero-order valence-corrected chi connectivity index (χ0v) is 8.30. The van der Waals surface area contributed by atoms with Crippen molar-refractivity contribution in [2.24, 2.45) is 0 Å². The molecule has 0 unspecified atom stereocenters. The molecular formula is C10H11NOS. The summed E-state index contributed by atoms with van der Waals surface area (Å²) in [6, 6.07) is 3.91. The first-order valence-electron chi connectivity index (χ1n) is 4.39. The van der Waals surface area contributed by atoms with Crippen LogP contribution in [0.3, 0.4) is 0 Å². The minimum atomic E-state index is 0.139. The zero-order chi connectivity index (χ0) is 9.26. The van der Waals surface area contributed by atoms with E-state index in [1.54, 1.807) is 15.9 Å². The van der Waals surface area contributed by atoms with Gasteiger partial charge in [-0.1, -0.05) is 6.92 Å². The lowest BCUT2D eigenvalue weighted by Crippen LogP contribution is -2.18. The number of rotatable bonds is 2. The molecule has 2 heterocycles. The summed E-state index contributed by atoms with van der Waals surface area (Å²) < 4.78 is 2.85. The maximum absolute atomic E-state index is 11.7. The highest BCUT2D eigenvalue weighted by molar-refractivity contribution is 7.17. The van der Waals surface area contributed by atoms with E-state index >= 15 is 0 Å². The monoisotopic (exact) mass is 193 g/mol. The molecule has 0 N–H and O–H groups in total. The average Bonchev–Trinajstić information content (AvgIpc) is 2.58. The molecule has 2 aromatic rings. The molecule has 68 valence electrons. The fourth-order valence-electron chi connectivity index (χ4n) is 1.42. The molecule has 0 aliphatic rings. The molecule has 0 bridgehead atoms. The highest BCUT2D eigenvalue weighted by Gasteiger charge is 2.01. The van der Waals surface area contributed by atoms with E-state index in [2.05, 4.69) is 6.92 Å². The second-order valence-electron chi connectivity index (χ2n) is 3.01. The normalized spacial score (nSPS) is 10.8. The first kappa shape index (κ1) is 8.51. The van der Waals surface area contributed by atoms with E-state index in [1.165, 1.54) is 0 Å². The lowest BCUT2D eigenvalue weighted by Gasteiger charge is -2.01. The van der Waals surface area contributed by atoms with Gasteiger partial charge in [0.25, 0.3) is 5.56 Å². The van der Waals surface area contributed by atoms with Gasteiger partial charge in [-0.25, -0.2) is 0 Å². The molecule has 0 radical (unpaired) electrons. The van der Waals surface area contributed by atoms with Gasteiger partial charge in [0.2, 0.25) is 0 Å². The van der Waals surface area contributed by atoms with E-state index in [0.717, 1.165) is 23.1 Å². The van der Waals surface area contributed by atoms with Crippen molar-refractivity contribution in [2.45, 2.75) is 19.9 Å². The summed E-state index contributed by atoms with van der Waals surface area (Å²) in [6.45, 7) is 2.88. The van der Waals surface area contributed by atoms with E-state index in [-0.39, 0.29) is 5.56 Å². The molecule has 2 aromatic heterocycles. The SMILES string of the molecule is CCCn1ccc2sccc2c1=O. The first-order chi connectivity index (χ1) is 6.33. The molecule has 0 aliphatic carbocycles. The molecule has 0 spiro atoms. The summed E-state index contributed by atoms with van der Waals surface area (Å²) in [6.07, 6.45) is 2.88. The molecule has 0 fully saturated rings. The van der Waals surface area contributed by atoms with Gasteiger partial charge in [-0.05, 0) is 23.9 Å². The Kier molecular flexibility index (Phi) is 2.19. The van der Waals surface area contributed by atoms with Crippen LogP contribution in [0.2, 0.25) is 0 Å². The first-order valence-corrected chi connectivity index (χ1v) is 5.27. The van der Waals surface area contributed by atoms with Crippen LogP contribution in [0.4, 0.5) is 0 Å². The molecule has 0 saturated carbocycles. The van der Waals surface area contributed by atoms with E-state index < -0.39 is 0 Å². The van der Waals surface area contributed by atoms with Gasteiger partial charge in [0.15, 0.2) is 0 Å². The summed E-state index contributed by atoms with van der Waals surface area (Å²) in [4.78, 5) is 11.7. The number of aromatic nitrogens is 1. The van der Waals surface area contributed by atoms with E-state index in [0.29, 0.717) is 0 Å². The third-order valence-corrected chi connectivity index (χ3v) is 2.94. The standard InChI is InChI=1S/C10H11NOS/c1-2-5-11-6-3-9-8(10(11)12)4-7-13-9/h3-4,6-7H,2,5H2,1H3. The van der Waals surface area contributed by atoms with Gasteiger partial charge in [-0.15, -0.1) is 11.3 Å². The van der Waals surface area contributed by atoms with Crippen LogP contribution >= 0.6 is 11.3 Å². The minimum Gasteiger partial charge on any atom is -0.315 e. The third-order valence-electron chi connectivity index (χ3n) is 2.06. The maximum Gasteiger partial charge on any atom is 0.259 e. The van der Waals surface area contributed by atoms with Crippen molar-refractivity contribution in [3.05, 3.63) is 34.1 Å². The summed E-state index contributed by atoms with van der Waals surface area (Å²) in [5.74, 6) is 0. The Hall–Kier alpha value is -1.09. The van der Waals surface area contributed by atoms with Crippen LogP contribution in [0.15, 0.2) is 28.5 Å². The number of pyridine rings is 1. The maximum atomic E-state index is 11.7. The van der Waals surface area contributed by atoms with Crippen molar-refractivity contribution in [1.29, 1.82) is 0 Å². The van der Waals surface area contributed by atoms with Crippen molar-refractivity contribution in [1.82, 2.24) is 4.57 Å². The van der Waals surface area contributed by atoms with Crippen LogP contribution in [0.1, 0.15) is 13.3 Å². The van der Waals surface area contributed by atoms with E-state index in [4.69, 9.17) is 0 Å². The topological polar surface area (TPSA) is 22.0 Å². The summed E-state index contributed by atoms with van der Waals surface area (Å²) in [5.41, 5.74) is 0.139. The quantitative estimate of drug-likeness (QED) is 0.718. The molecule has 13 heavy (non-hydrogen) atoms. The predicted octanol–water partition coefficient (Wildman–Crippen LogP) is 2.47. The third kappa shape index (κ3) is 1.40. The van der Waals surface area contributed by atoms with Gasteiger partial charge in [0.05, 0.1) is 5.39 Å². The molecule has 0 aromatic carbocycles. The summed E-state index contributed by atoms with van der Waals surface area (Å²) in [7, 11) is 0. The number of hydrogen-bond donors (Lipinski definition) is 0. The Morgan fingerprint density at radius 2 is 2.31 bits per heavy atom. The van der Waals surface area contributed by atoms with Gasteiger partial charge < -0.3 is 4.57 Å². The largest absolute Gasteiger partial charge is 0.315 e. The van der Waals surface area contributed by atoms with Crippen molar-refractivity contribution in [3.63, 3.8) is 0 Å². The average molecular weight is 193 g/mol. The van der Waals surface area contributed by atoms with Crippen LogP contribution in [-0.4, -0.2) is 4.57 Å². The van der Waals surface area contributed by atoms with Gasteiger partial charge in [0, 0.05) is 17.4 Å². The van der Waals surface area contributed by atoms with Gasteiger partial charge >= 0.3 is 0 Å².